The molecule has 2 aromatic carbocycles. The number of sulfonamides is 1. The predicted molar refractivity (Wildman–Crippen MR) is 146 cm³/mol. The fourth-order valence-electron chi connectivity index (χ4n) is 4.36. The molecule has 1 saturated heterocycles. The Balaban J connectivity index is 1.56. The highest BCUT2D eigenvalue weighted by Gasteiger charge is 2.25. The van der Waals surface area contributed by atoms with E-state index in [4.69, 9.17) is 9.15 Å². The van der Waals surface area contributed by atoms with Crippen molar-refractivity contribution in [3.63, 3.8) is 0 Å². The minimum atomic E-state index is -3.55. The zero-order chi connectivity index (χ0) is 27.5. The average Bonchev–Trinajstić information content (AvgIpc) is 3.32. The number of nitrogens with one attached hydrogen (secondary N) is 1. The Hall–Kier alpha value is -3.23. The number of morpholine rings is 1. The van der Waals surface area contributed by atoms with Gasteiger partial charge in [-0.15, -0.1) is 0 Å². The predicted octanol–water partition coefficient (Wildman–Crippen LogP) is 4.25. The van der Waals surface area contributed by atoms with Crippen LogP contribution in [0.4, 0.5) is 5.88 Å². The van der Waals surface area contributed by atoms with E-state index in [1.807, 2.05) is 0 Å². The molecule has 2 heterocycles. The number of anilines is 1. The van der Waals surface area contributed by atoms with Gasteiger partial charge in [-0.3, -0.25) is 4.90 Å². The number of rotatable bonds is 8. The Morgan fingerprint density at radius 3 is 2.26 bits per heavy atom. The van der Waals surface area contributed by atoms with Crippen LogP contribution in [0.5, 0.6) is 0 Å². The SMILES string of the molecule is CN(C)S(=O)(=O)c1ccc(-c2nc(C#N)c(NCC(c3ccc(C(C)(C)C)cc3)N3CCOCC3)o2)cc1. The first-order valence-electron chi connectivity index (χ1n) is 12.6. The van der Waals surface area contributed by atoms with E-state index in [-0.39, 0.29) is 33.8 Å². The number of oxazole rings is 1. The van der Waals surface area contributed by atoms with Gasteiger partial charge >= 0.3 is 0 Å². The van der Waals surface area contributed by atoms with E-state index in [0.717, 1.165) is 17.4 Å². The number of hydrogen-bond donors (Lipinski definition) is 1. The molecule has 1 fully saturated rings. The Labute approximate surface area is 225 Å². The second kappa shape index (κ2) is 11.3. The van der Waals surface area contributed by atoms with Crippen molar-refractivity contribution in [1.82, 2.24) is 14.2 Å². The number of nitriles is 1. The lowest BCUT2D eigenvalue weighted by Gasteiger charge is -2.35. The zero-order valence-electron chi connectivity index (χ0n) is 22.6. The third-order valence-electron chi connectivity index (χ3n) is 6.72. The van der Waals surface area contributed by atoms with Crippen molar-refractivity contribution in [3.8, 4) is 17.5 Å². The van der Waals surface area contributed by atoms with E-state index in [2.05, 4.69) is 66.3 Å². The van der Waals surface area contributed by atoms with Gasteiger partial charge in [-0.2, -0.15) is 10.2 Å². The molecule has 0 spiro atoms. The molecule has 0 bridgehead atoms. The van der Waals surface area contributed by atoms with Crippen LogP contribution in [0, 0.1) is 11.3 Å². The molecule has 0 amide bonds. The highest BCUT2D eigenvalue weighted by atomic mass is 32.2. The van der Waals surface area contributed by atoms with E-state index in [9.17, 15) is 13.7 Å². The minimum Gasteiger partial charge on any atom is -0.419 e. The Bertz CT molecular complexity index is 1380. The summed E-state index contributed by atoms with van der Waals surface area (Å²) < 4.78 is 37.4. The van der Waals surface area contributed by atoms with Crippen LogP contribution in [-0.4, -0.2) is 69.6 Å². The van der Waals surface area contributed by atoms with Crippen molar-refractivity contribution < 1.29 is 17.6 Å². The van der Waals surface area contributed by atoms with Crippen molar-refractivity contribution in [2.45, 2.75) is 37.1 Å². The summed E-state index contributed by atoms with van der Waals surface area (Å²) in [4.78, 5) is 6.88. The maximum absolute atomic E-state index is 12.4. The molecule has 3 aromatic rings. The smallest absolute Gasteiger partial charge is 0.242 e. The third-order valence-corrected chi connectivity index (χ3v) is 8.55. The summed E-state index contributed by atoms with van der Waals surface area (Å²) in [5, 5.41) is 13.0. The van der Waals surface area contributed by atoms with Gasteiger partial charge in [0.2, 0.25) is 27.5 Å². The molecular formula is C28H35N5O4S. The second-order valence-corrected chi connectivity index (χ2v) is 12.7. The number of ether oxygens (including phenoxy) is 1. The number of benzene rings is 2. The number of hydrogen-bond acceptors (Lipinski definition) is 8. The van der Waals surface area contributed by atoms with Gasteiger partial charge in [0.1, 0.15) is 6.07 Å². The van der Waals surface area contributed by atoms with Gasteiger partial charge in [0, 0.05) is 39.3 Å². The van der Waals surface area contributed by atoms with E-state index in [1.54, 1.807) is 12.1 Å². The molecule has 1 N–H and O–H groups in total. The molecule has 10 heteroatoms. The van der Waals surface area contributed by atoms with Crippen LogP contribution in [0.25, 0.3) is 11.5 Å². The lowest BCUT2D eigenvalue weighted by atomic mass is 9.86. The molecule has 202 valence electrons. The maximum Gasteiger partial charge on any atom is 0.242 e. The highest BCUT2D eigenvalue weighted by molar-refractivity contribution is 7.89. The summed E-state index contributed by atoms with van der Waals surface area (Å²) >= 11 is 0. The van der Waals surface area contributed by atoms with Gasteiger partial charge in [0.15, 0.2) is 0 Å². The molecule has 1 aromatic heterocycles. The number of nitrogens with zero attached hydrogens (tertiary/aromatic N) is 4. The minimum absolute atomic E-state index is 0.0449. The van der Waals surface area contributed by atoms with Crippen LogP contribution in [0.1, 0.15) is 43.6 Å². The van der Waals surface area contributed by atoms with Crippen LogP contribution >= 0.6 is 0 Å². The first-order valence-corrected chi connectivity index (χ1v) is 14.0. The van der Waals surface area contributed by atoms with Crippen LogP contribution in [0.15, 0.2) is 57.8 Å². The van der Waals surface area contributed by atoms with Gasteiger partial charge in [-0.05, 0) is 40.8 Å². The summed E-state index contributed by atoms with van der Waals surface area (Å²) in [5.74, 6) is 0.535. The standard InChI is InChI=1S/C28H35N5O4S/c1-28(2,3)22-10-6-20(7-11-22)25(33-14-16-36-17-15-33)19-30-27-24(18-29)31-26(37-27)21-8-12-23(13-9-21)38(34,35)32(4)5/h6-13,25,30H,14-17,19H2,1-5H3. The fourth-order valence-corrected chi connectivity index (χ4v) is 5.26. The molecule has 38 heavy (non-hydrogen) atoms. The average molecular weight is 538 g/mol. The summed E-state index contributed by atoms with van der Waals surface area (Å²) in [5.41, 5.74) is 3.23. The summed E-state index contributed by atoms with van der Waals surface area (Å²) in [6, 6.07) is 17.1. The van der Waals surface area contributed by atoms with Crippen molar-refractivity contribution in [3.05, 3.63) is 65.4 Å². The van der Waals surface area contributed by atoms with Crippen molar-refractivity contribution in [1.29, 1.82) is 5.26 Å². The monoisotopic (exact) mass is 537 g/mol. The fraction of sp³-hybridized carbons (Fsp3) is 0.429. The summed E-state index contributed by atoms with van der Waals surface area (Å²) in [7, 11) is -0.578. The van der Waals surface area contributed by atoms with E-state index in [0.29, 0.717) is 25.3 Å². The molecular weight excluding hydrogens is 502 g/mol. The Kier molecular flexibility index (Phi) is 8.23. The second-order valence-electron chi connectivity index (χ2n) is 10.5. The van der Waals surface area contributed by atoms with Gasteiger partial charge in [0.05, 0.1) is 24.2 Å². The molecule has 0 aliphatic carbocycles. The topological polar surface area (TPSA) is 112 Å². The van der Waals surface area contributed by atoms with Crippen LogP contribution in [0.3, 0.4) is 0 Å². The Morgan fingerprint density at radius 1 is 1.08 bits per heavy atom. The molecule has 0 saturated carbocycles. The molecule has 0 radical (unpaired) electrons. The lowest BCUT2D eigenvalue weighted by molar-refractivity contribution is 0.0186. The van der Waals surface area contributed by atoms with Crippen LogP contribution in [0.2, 0.25) is 0 Å². The highest BCUT2D eigenvalue weighted by Crippen LogP contribution is 2.30. The van der Waals surface area contributed by atoms with E-state index in [1.165, 1.54) is 37.4 Å². The van der Waals surface area contributed by atoms with Crippen LogP contribution < -0.4 is 5.32 Å². The largest absolute Gasteiger partial charge is 0.419 e. The van der Waals surface area contributed by atoms with Gasteiger partial charge < -0.3 is 14.5 Å². The lowest BCUT2D eigenvalue weighted by Crippen LogP contribution is -2.41. The molecule has 1 aliphatic rings. The van der Waals surface area contributed by atoms with E-state index < -0.39 is 10.0 Å². The molecule has 4 rings (SSSR count). The zero-order valence-corrected chi connectivity index (χ0v) is 23.4. The summed E-state index contributed by atoms with van der Waals surface area (Å²) in [6.07, 6.45) is 0. The van der Waals surface area contributed by atoms with Gasteiger partial charge in [-0.1, -0.05) is 45.0 Å². The summed E-state index contributed by atoms with van der Waals surface area (Å²) in [6.45, 7) is 10.1. The van der Waals surface area contributed by atoms with Crippen LogP contribution in [-0.2, 0) is 20.2 Å². The van der Waals surface area contributed by atoms with Crippen molar-refractivity contribution in [2.24, 2.45) is 0 Å². The molecule has 9 nitrogen and oxygen atoms in total. The maximum atomic E-state index is 12.4. The number of aromatic nitrogens is 1. The van der Waals surface area contributed by atoms with Crippen molar-refractivity contribution in [2.75, 3.05) is 52.3 Å². The van der Waals surface area contributed by atoms with Crippen molar-refractivity contribution >= 4 is 15.9 Å². The van der Waals surface area contributed by atoms with Gasteiger partial charge in [0.25, 0.3) is 0 Å². The molecule has 1 aliphatic heterocycles. The van der Waals surface area contributed by atoms with Gasteiger partial charge in [-0.25, -0.2) is 12.7 Å². The first kappa shape index (κ1) is 27.8. The first-order chi connectivity index (χ1) is 18.0. The molecule has 1 unspecified atom stereocenters. The Morgan fingerprint density at radius 2 is 1.71 bits per heavy atom. The third kappa shape index (κ3) is 6.08. The normalized spacial score (nSPS) is 15.8. The molecule has 1 atom stereocenters. The van der Waals surface area contributed by atoms with E-state index >= 15 is 0 Å². The quantitative estimate of drug-likeness (QED) is 0.454.